The van der Waals surface area contributed by atoms with E-state index in [-0.39, 0.29) is 5.91 Å². The van der Waals surface area contributed by atoms with E-state index in [1.165, 1.54) is 32.1 Å². The van der Waals surface area contributed by atoms with Crippen LogP contribution in [0.1, 0.15) is 58.3 Å². The number of hydrogen-bond donors (Lipinski definition) is 1. The van der Waals surface area contributed by atoms with Crippen molar-refractivity contribution in [2.24, 2.45) is 0 Å². The summed E-state index contributed by atoms with van der Waals surface area (Å²) in [6.07, 6.45) is 12.8. The second kappa shape index (κ2) is 11.1. The molecule has 0 fully saturated rings. The molecule has 0 aliphatic carbocycles. The highest BCUT2D eigenvalue weighted by Crippen LogP contribution is 2.18. The van der Waals surface area contributed by atoms with Gasteiger partial charge in [-0.05, 0) is 48.9 Å². The predicted octanol–water partition coefficient (Wildman–Crippen LogP) is 6.01. The minimum Gasteiger partial charge on any atom is -0.326 e. The van der Waals surface area contributed by atoms with Crippen LogP contribution in [0.5, 0.6) is 0 Å². The van der Waals surface area contributed by atoms with E-state index in [4.69, 9.17) is 0 Å². The molecular weight excluding hydrogens is 360 g/mol. The number of nitrogens with one attached hydrogen (secondary N) is 1. The molecule has 1 N–H and O–H groups in total. The first kappa shape index (κ1) is 20.8. The molecule has 152 valence electrons. The van der Waals surface area contributed by atoms with Crippen LogP contribution < -0.4 is 5.32 Å². The van der Waals surface area contributed by atoms with Gasteiger partial charge in [0, 0.05) is 24.5 Å². The van der Waals surface area contributed by atoms with Gasteiger partial charge in [0.2, 0.25) is 5.91 Å². The highest BCUT2D eigenvalue weighted by molar-refractivity contribution is 5.90. The number of rotatable bonds is 11. The van der Waals surface area contributed by atoms with Crippen LogP contribution in [-0.2, 0) is 4.79 Å². The van der Waals surface area contributed by atoms with E-state index in [9.17, 15) is 4.79 Å². The van der Waals surface area contributed by atoms with Crippen LogP contribution in [0.2, 0.25) is 0 Å². The molecule has 0 radical (unpaired) electrons. The van der Waals surface area contributed by atoms with Gasteiger partial charge < -0.3 is 5.32 Å². The largest absolute Gasteiger partial charge is 0.326 e. The number of pyridine rings is 1. The number of carbonyl (C=O) groups excluding carboxylic acids is 1. The molecule has 2 heterocycles. The molecule has 0 bridgehead atoms. The van der Waals surface area contributed by atoms with Gasteiger partial charge in [-0.2, -0.15) is 5.10 Å². The summed E-state index contributed by atoms with van der Waals surface area (Å²) in [5.74, 6) is 0.0860. The van der Waals surface area contributed by atoms with Crippen molar-refractivity contribution >= 4 is 11.6 Å². The second-order valence-electron chi connectivity index (χ2n) is 7.33. The van der Waals surface area contributed by atoms with Crippen molar-refractivity contribution in [2.75, 3.05) is 5.32 Å². The molecule has 0 saturated heterocycles. The lowest BCUT2D eigenvalue weighted by Gasteiger charge is -2.07. The molecule has 0 spiro atoms. The Balaban J connectivity index is 1.45. The van der Waals surface area contributed by atoms with E-state index in [1.54, 1.807) is 6.20 Å². The maximum atomic E-state index is 12.1. The zero-order valence-corrected chi connectivity index (χ0v) is 17.2. The quantitative estimate of drug-likeness (QED) is 0.408. The molecule has 0 aliphatic heterocycles. The standard InChI is InChI=1S/C24H30N4O/c1-2-3-4-5-6-7-8-12-24(29)26-20-13-15-21(16-14-20)28-19-17-23(27-28)22-11-9-10-18-25-22/h9-11,13-19H,2-8,12H2,1H3,(H,26,29). The summed E-state index contributed by atoms with van der Waals surface area (Å²) in [4.78, 5) is 16.5. The molecule has 29 heavy (non-hydrogen) atoms. The van der Waals surface area contributed by atoms with Crippen LogP contribution in [0.4, 0.5) is 5.69 Å². The number of amides is 1. The molecule has 0 aliphatic rings. The van der Waals surface area contributed by atoms with Gasteiger partial charge in [0.05, 0.1) is 11.4 Å². The van der Waals surface area contributed by atoms with Crippen molar-refractivity contribution in [3.05, 3.63) is 60.9 Å². The fourth-order valence-electron chi connectivity index (χ4n) is 3.28. The number of anilines is 1. The molecule has 1 amide bonds. The molecule has 1 aromatic carbocycles. The molecule has 3 rings (SSSR count). The van der Waals surface area contributed by atoms with Crippen LogP contribution >= 0.6 is 0 Å². The second-order valence-corrected chi connectivity index (χ2v) is 7.33. The summed E-state index contributed by atoms with van der Waals surface area (Å²) < 4.78 is 1.81. The number of benzene rings is 1. The lowest BCUT2D eigenvalue weighted by atomic mass is 10.1. The van der Waals surface area contributed by atoms with Gasteiger partial charge in [-0.15, -0.1) is 0 Å². The van der Waals surface area contributed by atoms with Crippen molar-refractivity contribution in [1.29, 1.82) is 0 Å². The number of unbranched alkanes of at least 4 members (excludes halogenated alkanes) is 6. The maximum Gasteiger partial charge on any atom is 0.224 e. The van der Waals surface area contributed by atoms with Crippen molar-refractivity contribution < 1.29 is 4.79 Å². The first-order valence-corrected chi connectivity index (χ1v) is 10.6. The van der Waals surface area contributed by atoms with Gasteiger partial charge in [0.25, 0.3) is 0 Å². The summed E-state index contributed by atoms with van der Waals surface area (Å²) in [6, 6.07) is 15.5. The predicted molar refractivity (Wildman–Crippen MR) is 118 cm³/mol. The Morgan fingerprint density at radius 2 is 1.66 bits per heavy atom. The number of nitrogens with zero attached hydrogens (tertiary/aromatic N) is 3. The van der Waals surface area contributed by atoms with Gasteiger partial charge >= 0.3 is 0 Å². The summed E-state index contributed by atoms with van der Waals surface area (Å²) in [7, 11) is 0. The Kier molecular flexibility index (Phi) is 7.99. The Morgan fingerprint density at radius 3 is 2.38 bits per heavy atom. The zero-order valence-electron chi connectivity index (χ0n) is 17.2. The molecular formula is C24H30N4O. The maximum absolute atomic E-state index is 12.1. The van der Waals surface area contributed by atoms with Crippen molar-refractivity contribution in [1.82, 2.24) is 14.8 Å². The van der Waals surface area contributed by atoms with Crippen LogP contribution in [0.15, 0.2) is 60.9 Å². The molecule has 2 aromatic heterocycles. The monoisotopic (exact) mass is 390 g/mol. The fraction of sp³-hybridized carbons (Fsp3) is 0.375. The minimum absolute atomic E-state index is 0.0860. The Bertz CT molecular complexity index is 871. The van der Waals surface area contributed by atoms with Gasteiger partial charge in [-0.3, -0.25) is 9.78 Å². The smallest absolute Gasteiger partial charge is 0.224 e. The van der Waals surface area contributed by atoms with E-state index >= 15 is 0 Å². The fourth-order valence-corrected chi connectivity index (χ4v) is 3.28. The average molecular weight is 391 g/mol. The topological polar surface area (TPSA) is 59.8 Å². The molecule has 5 nitrogen and oxygen atoms in total. The summed E-state index contributed by atoms with van der Waals surface area (Å²) in [5.41, 5.74) is 3.44. The molecule has 0 unspecified atom stereocenters. The number of hydrogen-bond acceptors (Lipinski definition) is 3. The molecule has 0 saturated carbocycles. The highest BCUT2D eigenvalue weighted by atomic mass is 16.1. The van der Waals surface area contributed by atoms with E-state index < -0.39 is 0 Å². The summed E-state index contributed by atoms with van der Waals surface area (Å²) in [5, 5.41) is 7.57. The summed E-state index contributed by atoms with van der Waals surface area (Å²) in [6.45, 7) is 2.23. The normalized spacial score (nSPS) is 10.8. The van der Waals surface area contributed by atoms with Crippen LogP contribution in [0.25, 0.3) is 17.1 Å². The van der Waals surface area contributed by atoms with Crippen molar-refractivity contribution in [3.8, 4) is 17.1 Å². The van der Waals surface area contributed by atoms with E-state index in [1.807, 2.05) is 59.4 Å². The molecule has 5 heteroatoms. The first-order valence-electron chi connectivity index (χ1n) is 10.6. The average Bonchev–Trinajstić information content (AvgIpc) is 3.25. The van der Waals surface area contributed by atoms with Crippen LogP contribution in [-0.4, -0.2) is 20.7 Å². The number of aromatic nitrogens is 3. The zero-order chi connectivity index (χ0) is 20.3. The lowest BCUT2D eigenvalue weighted by Crippen LogP contribution is -2.11. The van der Waals surface area contributed by atoms with E-state index in [2.05, 4.69) is 22.3 Å². The van der Waals surface area contributed by atoms with Gasteiger partial charge in [-0.25, -0.2) is 4.68 Å². The third-order valence-corrected chi connectivity index (χ3v) is 4.94. The Labute approximate surface area is 173 Å². The van der Waals surface area contributed by atoms with Crippen LogP contribution in [0, 0.1) is 0 Å². The van der Waals surface area contributed by atoms with Crippen molar-refractivity contribution in [2.45, 2.75) is 58.3 Å². The molecule has 0 atom stereocenters. The van der Waals surface area contributed by atoms with E-state index in [0.29, 0.717) is 6.42 Å². The van der Waals surface area contributed by atoms with Crippen LogP contribution in [0.3, 0.4) is 0 Å². The minimum atomic E-state index is 0.0860. The van der Waals surface area contributed by atoms with Gasteiger partial charge in [0.15, 0.2) is 0 Å². The van der Waals surface area contributed by atoms with Crippen molar-refractivity contribution in [3.63, 3.8) is 0 Å². The van der Waals surface area contributed by atoms with Gasteiger partial charge in [0.1, 0.15) is 5.69 Å². The lowest BCUT2D eigenvalue weighted by molar-refractivity contribution is -0.116. The highest BCUT2D eigenvalue weighted by Gasteiger charge is 2.06. The molecule has 3 aromatic rings. The first-order chi connectivity index (χ1) is 14.3. The Morgan fingerprint density at radius 1 is 0.897 bits per heavy atom. The third kappa shape index (κ3) is 6.56. The summed E-state index contributed by atoms with van der Waals surface area (Å²) >= 11 is 0. The third-order valence-electron chi connectivity index (χ3n) is 4.94. The number of carbonyl (C=O) groups is 1. The van der Waals surface area contributed by atoms with E-state index in [0.717, 1.165) is 35.6 Å². The van der Waals surface area contributed by atoms with Gasteiger partial charge in [-0.1, -0.05) is 51.5 Å². The Hall–Kier alpha value is -2.95. The SMILES string of the molecule is CCCCCCCCCC(=O)Nc1ccc(-n2ccc(-c3ccccn3)n2)cc1.